The van der Waals surface area contributed by atoms with E-state index in [0.717, 1.165) is 23.0 Å². The molecule has 0 bridgehead atoms. The van der Waals surface area contributed by atoms with Crippen LogP contribution in [0.2, 0.25) is 5.02 Å². The molecule has 1 aromatic heterocycles. The van der Waals surface area contributed by atoms with Crippen molar-refractivity contribution in [2.75, 3.05) is 11.1 Å². The Kier molecular flexibility index (Phi) is 4.18. The molecule has 1 amide bonds. The first kappa shape index (κ1) is 14.7. The van der Waals surface area contributed by atoms with Crippen molar-refractivity contribution in [2.45, 2.75) is 11.7 Å². The largest absolute Gasteiger partial charge is 0.308 e. The quantitative estimate of drug-likeness (QED) is 0.877. The molecule has 1 N–H and O–H groups in total. The number of carbonyl (C=O) groups is 1. The topological polar surface area (TPSA) is 70.7 Å². The van der Waals surface area contributed by atoms with E-state index in [1.807, 2.05) is 16.7 Å². The fourth-order valence-corrected chi connectivity index (χ4v) is 3.16. The van der Waals surface area contributed by atoms with Crippen LogP contribution in [0, 0.1) is 11.3 Å². The summed E-state index contributed by atoms with van der Waals surface area (Å²) in [6.07, 6.45) is 3.08. The Labute approximate surface area is 136 Å². The molecule has 1 aromatic carbocycles. The maximum atomic E-state index is 12.0. The molecule has 0 atom stereocenters. The van der Waals surface area contributed by atoms with Crippen molar-refractivity contribution in [3.8, 4) is 6.07 Å². The van der Waals surface area contributed by atoms with E-state index in [4.69, 9.17) is 11.6 Å². The summed E-state index contributed by atoms with van der Waals surface area (Å²) >= 11 is 7.38. The Morgan fingerprint density at radius 2 is 2.23 bits per heavy atom. The Morgan fingerprint density at radius 3 is 2.95 bits per heavy atom. The van der Waals surface area contributed by atoms with E-state index in [9.17, 15) is 10.1 Å². The number of thioether (sulfide) groups is 1. The van der Waals surface area contributed by atoms with Crippen molar-refractivity contribution in [1.82, 2.24) is 9.55 Å². The molecule has 0 saturated heterocycles. The van der Waals surface area contributed by atoms with Gasteiger partial charge in [-0.3, -0.25) is 4.79 Å². The number of halogens is 1. The molecule has 0 spiro atoms. The van der Waals surface area contributed by atoms with E-state index in [1.54, 1.807) is 30.0 Å². The number of nitrogens with one attached hydrogen (secondary N) is 1. The zero-order valence-corrected chi connectivity index (χ0v) is 13.0. The van der Waals surface area contributed by atoms with Crippen LogP contribution in [-0.2, 0) is 11.3 Å². The molecule has 5 nitrogen and oxygen atoms in total. The summed E-state index contributed by atoms with van der Waals surface area (Å²) in [6, 6.07) is 9.23. The highest BCUT2D eigenvalue weighted by Crippen LogP contribution is 2.30. The van der Waals surface area contributed by atoms with Gasteiger partial charge in [0, 0.05) is 23.4 Å². The molecule has 1 aliphatic rings. The van der Waals surface area contributed by atoms with Gasteiger partial charge in [0.25, 0.3) is 0 Å². The van der Waals surface area contributed by atoms with Crippen molar-refractivity contribution in [2.24, 2.45) is 0 Å². The molecule has 1 aliphatic heterocycles. The van der Waals surface area contributed by atoms with Crippen LogP contribution in [0.1, 0.15) is 11.3 Å². The zero-order chi connectivity index (χ0) is 15.5. The third kappa shape index (κ3) is 3.01. The molecular formula is C15H11ClN4OS. The fourth-order valence-electron chi connectivity index (χ4n) is 2.08. The third-order valence-electron chi connectivity index (χ3n) is 3.12. The molecule has 0 radical (unpaired) electrons. The van der Waals surface area contributed by atoms with Gasteiger partial charge < -0.3 is 9.88 Å². The van der Waals surface area contributed by atoms with Crippen molar-refractivity contribution < 1.29 is 4.79 Å². The second kappa shape index (κ2) is 6.26. The average Bonchev–Trinajstić information content (AvgIpc) is 3.07. The summed E-state index contributed by atoms with van der Waals surface area (Å²) in [4.78, 5) is 16.2. The number of benzene rings is 1. The summed E-state index contributed by atoms with van der Waals surface area (Å²) in [7, 11) is 0. The van der Waals surface area contributed by atoms with Gasteiger partial charge in [-0.25, -0.2) is 4.98 Å². The second-order valence-electron chi connectivity index (χ2n) is 4.58. The molecule has 2 aromatic rings. The van der Waals surface area contributed by atoms with Crippen molar-refractivity contribution in [1.29, 1.82) is 5.26 Å². The van der Waals surface area contributed by atoms with Crippen LogP contribution in [0.3, 0.4) is 0 Å². The number of nitrogens with zero attached hydrogens (tertiary/aromatic N) is 3. The number of hydrogen-bond acceptors (Lipinski definition) is 4. The number of nitriles is 1. The lowest BCUT2D eigenvalue weighted by Crippen LogP contribution is -2.10. The Bertz CT molecular complexity index is 789. The van der Waals surface area contributed by atoms with Crippen molar-refractivity contribution in [3.63, 3.8) is 0 Å². The Hall–Kier alpha value is -2.23. The van der Waals surface area contributed by atoms with Crippen molar-refractivity contribution >= 4 is 41.2 Å². The maximum absolute atomic E-state index is 12.0. The highest BCUT2D eigenvalue weighted by molar-refractivity contribution is 7.99. The Morgan fingerprint density at radius 1 is 1.45 bits per heavy atom. The van der Waals surface area contributed by atoms with Gasteiger partial charge in [0.05, 0.1) is 0 Å². The predicted molar refractivity (Wildman–Crippen MR) is 86.8 cm³/mol. The smallest absolute Gasteiger partial charge is 0.249 e. The summed E-state index contributed by atoms with van der Waals surface area (Å²) in [5.74, 6) is 0.894. The standard InChI is InChI=1S/C15H11ClN4OS/c16-11-4-1-10(2-5-11)3-6-13(21)18-14-12(9-17)20-7-8-22-15(20)19-14/h1-6H,7-8H2,(H,18,21)/b6-3+. The van der Waals surface area contributed by atoms with Gasteiger partial charge in [0.15, 0.2) is 16.7 Å². The molecule has 110 valence electrons. The molecule has 22 heavy (non-hydrogen) atoms. The van der Waals surface area contributed by atoms with Gasteiger partial charge in [-0.2, -0.15) is 5.26 Å². The van der Waals surface area contributed by atoms with Gasteiger partial charge in [-0.15, -0.1) is 0 Å². The number of carbonyl (C=O) groups excluding carboxylic acids is 1. The monoisotopic (exact) mass is 330 g/mol. The molecule has 0 fully saturated rings. The number of imidazole rings is 1. The Balaban J connectivity index is 1.72. The third-order valence-corrected chi connectivity index (χ3v) is 4.33. The molecule has 0 aliphatic carbocycles. The summed E-state index contributed by atoms with van der Waals surface area (Å²) in [5, 5.41) is 13.3. The minimum Gasteiger partial charge on any atom is -0.308 e. The summed E-state index contributed by atoms with van der Waals surface area (Å²) in [5.41, 5.74) is 1.26. The molecule has 0 saturated carbocycles. The van der Waals surface area contributed by atoms with Gasteiger partial charge in [0.1, 0.15) is 6.07 Å². The molecule has 3 rings (SSSR count). The average molecular weight is 331 g/mol. The van der Waals surface area contributed by atoms with Crippen molar-refractivity contribution in [3.05, 3.63) is 46.6 Å². The van der Waals surface area contributed by atoms with E-state index in [0.29, 0.717) is 16.5 Å². The normalized spacial score (nSPS) is 13.1. The van der Waals surface area contributed by atoms with E-state index in [2.05, 4.69) is 16.4 Å². The minimum atomic E-state index is -0.326. The van der Waals surface area contributed by atoms with E-state index in [1.165, 1.54) is 6.08 Å². The molecule has 7 heteroatoms. The molecule has 0 unspecified atom stereocenters. The number of hydrogen-bond donors (Lipinski definition) is 1. The number of fused-ring (bicyclic) bond motifs is 1. The lowest BCUT2D eigenvalue weighted by atomic mass is 10.2. The van der Waals surface area contributed by atoms with Crippen LogP contribution >= 0.6 is 23.4 Å². The first-order chi connectivity index (χ1) is 10.7. The fraction of sp³-hybridized carbons (Fsp3) is 0.133. The van der Waals surface area contributed by atoms with Gasteiger partial charge in [0.2, 0.25) is 5.91 Å². The second-order valence-corrected chi connectivity index (χ2v) is 6.08. The van der Waals surface area contributed by atoms with Gasteiger partial charge in [-0.05, 0) is 23.8 Å². The van der Waals surface area contributed by atoms with Gasteiger partial charge >= 0.3 is 0 Å². The molecular weight excluding hydrogens is 320 g/mol. The molecule has 2 heterocycles. The highest BCUT2D eigenvalue weighted by Gasteiger charge is 2.22. The van der Waals surface area contributed by atoms with E-state index >= 15 is 0 Å². The van der Waals surface area contributed by atoms with Gasteiger partial charge in [-0.1, -0.05) is 35.5 Å². The maximum Gasteiger partial charge on any atom is 0.249 e. The summed E-state index contributed by atoms with van der Waals surface area (Å²) < 4.78 is 1.82. The number of anilines is 1. The van der Waals surface area contributed by atoms with Crippen LogP contribution in [0.4, 0.5) is 5.82 Å². The van der Waals surface area contributed by atoms with E-state index in [-0.39, 0.29) is 5.91 Å². The lowest BCUT2D eigenvalue weighted by Gasteiger charge is -2.00. The highest BCUT2D eigenvalue weighted by atomic mass is 35.5. The van der Waals surface area contributed by atoms with Crippen LogP contribution in [0.15, 0.2) is 35.5 Å². The predicted octanol–water partition coefficient (Wildman–Crippen LogP) is 3.17. The number of rotatable bonds is 3. The van der Waals surface area contributed by atoms with Crippen LogP contribution in [0.5, 0.6) is 0 Å². The van der Waals surface area contributed by atoms with Crippen LogP contribution in [-0.4, -0.2) is 21.2 Å². The first-order valence-electron chi connectivity index (χ1n) is 6.55. The number of aromatic nitrogens is 2. The van der Waals surface area contributed by atoms with Crippen LogP contribution in [0.25, 0.3) is 6.08 Å². The van der Waals surface area contributed by atoms with E-state index < -0.39 is 0 Å². The van der Waals surface area contributed by atoms with Crippen LogP contribution < -0.4 is 5.32 Å². The minimum absolute atomic E-state index is 0.315. The number of amides is 1. The SMILES string of the molecule is N#Cc1c(NC(=O)/C=C/c2ccc(Cl)cc2)nc2n1CCS2. The lowest BCUT2D eigenvalue weighted by molar-refractivity contribution is -0.111. The zero-order valence-electron chi connectivity index (χ0n) is 11.4. The summed E-state index contributed by atoms with van der Waals surface area (Å²) in [6.45, 7) is 0.742. The first-order valence-corrected chi connectivity index (χ1v) is 7.92.